The largest absolute Gasteiger partial charge is 0.300 e. The summed E-state index contributed by atoms with van der Waals surface area (Å²) in [5.41, 5.74) is 1.54. The van der Waals surface area contributed by atoms with Crippen LogP contribution in [-0.4, -0.2) is 15.8 Å². The second-order valence-electron chi connectivity index (χ2n) is 2.62. The fourth-order valence-corrected chi connectivity index (χ4v) is 1.05. The van der Waals surface area contributed by atoms with Gasteiger partial charge < -0.3 is 0 Å². The lowest BCUT2D eigenvalue weighted by atomic mass is 10.2. The molecule has 0 radical (unpaired) electrons. The summed E-state index contributed by atoms with van der Waals surface area (Å²) in [4.78, 5) is 18.9. The number of Topliss-reactive ketones (excluding diaryl/α,β-unsaturated/α-hetero) is 1. The number of carbonyl (C=O) groups excluding carboxylic acids is 1. The van der Waals surface area contributed by atoms with E-state index in [0.717, 1.165) is 16.0 Å². The molecular weight excluding hydrogens is 220 g/mol. The average molecular weight is 229 g/mol. The van der Waals surface area contributed by atoms with Gasteiger partial charge in [-0.15, -0.1) is 0 Å². The number of nitrogens with zero attached hydrogens (tertiary/aromatic N) is 2. The van der Waals surface area contributed by atoms with Gasteiger partial charge in [0.15, 0.2) is 0 Å². The Morgan fingerprint density at radius 2 is 2.33 bits per heavy atom. The van der Waals surface area contributed by atoms with Crippen LogP contribution in [0.1, 0.15) is 18.3 Å². The van der Waals surface area contributed by atoms with Crippen molar-refractivity contribution in [3.63, 3.8) is 0 Å². The molecule has 0 spiro atoms. The van der Waals surface area contributed by atoms with Gasteiger partial charge in [0.1, 0.15) is 10.4 Å². The monoisotopic (exact) mass is 228 g/mol. The van der Waals surface area contributed by atoms with Gasteiger partial charge >= 0.3 is 0 Å². The molecule has 0 bridgehead atoms. The SMILES string of the molecule is CC(=O)Cc1cnc(Br)c(C)n1. The molecule has 1 aromatic rings. The Bertz CT molecular complexity index is 312. The first-order chi connectivity index (χ1) is 5.59. The second-order valence-corrected chi connectivity index (χ2v) is 3.37. The maximum atomic E-state index is 10.7. The topological polar surface area (TPSA) is 42.9 Å². The molecule has 0 aromatic carbocycles. The van der Waals surface area contributed by atoms with E-state index in [0.29, 0.717) is 6.42 Å². The Kier molecular flexibility index (Phi) is 2.92. The Morgan fingerprint density at radius 3 is 2.83 bits per heavy atom. The third-order valence-corrected chi connectivity index (χ3v) is 2.15. The second kappa shape index (κ2) is 3.76. The lowest BCUT2D eigenvalue weighted by Gasteiger charge is -1.99. The molecule has 1 aromatic heterocycles. The van der Waals surface area contributed by atoms with Gasteiger partial charge in [0.25, 0.3) is 0 Å². The summed E-state index contributed by atoms with van der Waals surface area (Å²) in [7, 11) is 0. The van der Waals surface area contributed by atoms with Gasteiger partial charge in [0.2, 0.25) is 0 Å². The van der Waals surface area contributed by atoms with E-state index in [1.165, 1.54) is 0 Å². The molecule has 1 heterocycles. The zero-order valence-electron chi connectivity index (χ0n) is 6.97. The molecule has 0 fully saturated rings. The van der Waals surface area contributed by atoms with Crippen LogP contribution in [0.2, 0.25) is 0 Å². The summed E-state index contributed by atoms with van der Waals surface area (Å²) in [6.45, 7) is 3.39. The van der Waals surface area contributed by atoms with Gasteiger partial charge in [-0.05, 0) is 29.8 Å². The Morgan fingerprint density at radius 1 is 1.67 bits per heavy atom. The minimum Gasteiger partial charge on any atom is -0.300 e. The average Bonchev–Trinajstić information content (AvgIpc) is 1.96. The third-order valence-electron chi connectivity index (χ3n) is 1.37. The van der Waals surface area contributed by atoms with Crippen molar-refractivity contribution < 1.29 is 4.79 Å². The van der Waals surface area contributed by atoms with Crippen LogP contribution < -0.4 is 0 Å². The van der Waals surface area contributed by atoms with Gasteiger partial charge in [-0.2, -0.15) is 0 Å². The maximum Gasteiger partial charge on any atom is 0.135 e. The van der Waals surface area contributed by atoms with Crippen LogP contribution in [0.4, 0.5) is 0 Å². The fraction of sp³-hybridized carbons (Fsp3) is 0.375. The Balaban J connectivity index is 2.89. The highest BCUT2D eigenvalue weighted by Gasteiger charge is 2.02. The number of ketones is 1. The van der Waals surface area contributed by atoms with Crippen molar-refractivity contribution in [1.29, 1.82) is 0 Å². The molecule has 0 saturated carbocycles. The van der Waals surface area contributed by atoms with Gasteiger partial charge in [-0.3, -0.25) is 9.78 Å². The molecule has 0 atom stereocenters. The van der Waals surface area contributed by atoms with Crippen LogP contribution in [0.3, 0.4) is 0 Å². The van der Waals surface area contributed by atoms with E-state index < -0.39 is 0 Å². The number of hydrogen-bond donors (Lipinski definition) is 0. The van der Waals surface area contributed by atoms with Crippen molar-refractivity contribution in [1.82, 2.24) is 9.97 Å². The van der Waals surface area contributed by atoms with Crippen molar-refractivity contribution in [3.05, 3.63) is 22.2 Å². The van der Waals surface area contributed by atoms with Crippen LogP contribution in [0.5, 0.6) is 0 Å². The summed E-state index contributed by atoms with van der Waals surface area (Å²) in [6.07, 6.45) is 1.97. The van der Waals surface area contributed by atoms with Crippen LogP contribution >= 0.6 is 15.9 Å². The van der Waals surface area contributed by atoms with Gasteiger partial charge in [-0.1, -0.05) is 0 Å². The van der Waals surface area contributed by atoms with Gasteiger partial charge in [-0.25, -0.2) is 4.98 Å². The number of halogens is 1. The predicted octanol–water partition coefficient (Wildman–Crippen LogP) is 1.68. The highest BCUT2D eigenvalue weighted by molar-refractivity contribution is 9.10. The first-order valence-electron chi connectivity index (χ1n) is 3.57. The molecule has 0 aliphatic heterocycles. The predicted molar refractivity (Wildman–Crippen MR) is 48.9 cm³/mol. The van der Waals surface area contributed by atoms with E-state index in [1.54, 1.807) is 13.1 Å². The quantitative estimate of drug-likeness (QED) is 0.774. The van der Waals surface area contributed by atoms with E-state index in [9.17, 15) is 4.79 Å². The standard InChI is InChI=1S/C8H9BrN2O/c1-5(12)3-7-4-10-8(9)6(2)11-7/h4H,3H2,1-2H3. The molecule has 64 valence electrons. The number of aromatic nitrogens is 2. The van der Waals surface area contributed by atoms with Gasteiger partial charge in [0, 0.05) is 6.42 Å². The maximum absolute atomic E-state index is 10.7. The van der Waals surface area contributed by atoms with Crippen molar-refractivity contribution in [2.75, 3.05) is 0 Å². The number of rotatable bonds is 2. The zero-order chi connectivity index (χ0) is 9.14. The Hall–Kier alpha value is -0.770. The molecule has 12 heavy (non-hydrogen) atoms. The Labute approximate surface area is 79.4 Å². The molecule has 0 saturated heterocycles. The molecular formula is C8H9BrN2O. The smallest absolute Gasteiger partial charge is 0.135 e. The summed E-state index contributed by atoms with van der Waals surface area (Å²) >= 11 is 3.24. The lowest BCUT2D eigenvalue weighted by Crippen LogP contribution is -2.01. The number of hydrogen-bond acceptors (Lipinski definition) is 3. The van der Waals surface area contributed by atoms with Crippen LogP contribution in [0.15, 0.2) is 10.8 Å². The van der Waals surface area contributed by atoms with Crippen LogP contribution in [0, 0.1) is 6.92 Å². The molecule has 0 aliphatic carbocycles. The molecule has 0 amide bonds. The van der Waals surface area contributed by atoms with Crippen molar-refractivity contribution in [3.8, 4) is 0 Å². The first-order valence-corrected chi connectivity index (χ1v) is 4.36. The minimum absolute atomic E-state index is 0.103. The summed E-state index contributed by atoms with van der Waals surface area (Å²) in [5.74, 6) is 0.103. The van der Waals surface area contributed by atoms with Crippen LogP contribution in [0.25, 0.3) is 0 Å². The first kappa shape index (κ1) is 9.32. The summed E-state index contributed by atoms with van der Waals surface area (Å²) in [6, 6.07) is 0. The van der Waals surface area contributed by atoms with Crippen molar-refractivity contribution >= 4 is 21.7 Å². The van der Waals surface area contributed by atoms with E-state index in [4.69, 9.17) is 0 Å². The zero-order valence-corrected chi connectivity index (χ0v) is 8.55. The summed E-state index contributed by atoms with van der Waals surface area (Å²) in [5, 5.41) is 0. The molecule has 1 rings (SSSR count). The van der Waals surface area contributed by atoms with E-state index in [1.807, 2.05) is 6.92 Å². The third kappa shape index (κ3) is 2.37. The highest BCUT2D eigenvalue weighted by Crippen LogP contribution is 2.09. The van der Waals surface area contributed by atoms with Gasteiger partial charge in [0.05, 0.1) is 17.6 Å². The normalized spacial score (nSPS) is 9.92. The van der Waals surface area contributed by atoms with Crippen molar-refractivity contribution in [2.45, 2.75) is 20.3 Å². The highest BCUT2D eigenvalue weighted by atomic mass is 79.9. The molecule has 0 N–H and O–H groups in total. The van der Waals surface area contributed by atoms with E-state index in [-0.39, 0.29) is 5.78 Å². The lowest BCUT2D eigenvalue weighted by molar-refractivity contribution is -0.116. The van der Waals surface area contributed by atoms with E-state index in [2.05, 4.69) is 25.9 Å². The molecule has 0 aliphatic rings. The minimum atomic E-state index is 0.103. The molecule has 3 nitrogen and oxygen atoms in total. The fourth-order valence-electron chi connectivity index (χ4n) is 0.855. The number of aryl methyl sites for hydroxylation is 1. The molecule has 4 heteroatoms. The van der Waals surface area contributed by atoms with E-state index >= 15 is 0 Å². The molecule has 0 unspecified atom stereocenters. The van der Waals surface area contributed by atoms with Crippen molar-refractivity contribution in [2.24, 2.45) is 0 Å². The summed E-state index contributed by atoms with van der Waals surface area (Å²) < 4.78 is 0.731. The van der Waals surface area contributed by atoms with Crippen LogP contribution in [-0.2, 0) is 11.2 Å². The number of carbonyl (C=O) groups is 1.